The Balaban J connectivity index is 2.66. The van der Waals surface area contributed by atoms with E-state index in [0.29, 0.717) is 6.42 Å². The van der Waals surface area contributed by atoms with Gasteiger partial charge in [-0.05, 0) is 49.4 Å². The van der Waals surface area contributed by atoms with E-state index >= 15 is 0 Å². The van der Waals surface area contributed by atoms with Gasteiger partial charge in [0.1, 0.15) is 6.04 Å². The molecule has 0 aliphatic rings. The fraction of sp³-hybridized carbons (Fsp3) is 0.526. The second-order valence-corrected chi connectivity index (χ2v) is 8.33. The van der Waals surface area contributed by atoms with Crippen LogP contribution >= 0.6 is 0 Å². The Hall–Kier alpha value is -1.81. The largest absolute Gasteiger partial charge is 0.480 e. The first-order valence-corrected chi connectivity index (χ1v) is 8.04. The van der Waals surface area contributed by atoms with E-state index in [4.69, 9.17) is 10.8 Å². The number of fused-ring (bicyclic) bond motifs is 1. The molecule has 0 bridgehead atoms. The molecule has 1 heterocycles. The Morgan fingerprint density at radius 2 is 1.83 bits per heavy atom. The lowest BCUT2D eigenvalue weighted by molar-refractivity contribution is -0.138. The molecule has 0 saturated carbocycles. The average molecular weight is 316 g/mol. The quantitative estimate of drug-likeness (QED) is 0.908. The van der Waals surface area contributed by atoms with Crippen molar-refractivity contribution in [1.29, 1.82) is 0 Å². The molecule has 1 aromatic carbocycles. The van der Waals surface area contributed by atoms with Crippen molar-refractivity contribution >= 4 is 16.9 Å². The van der Waals surface area contributed by atoms with Crippen molar-refractivity contribution in [3.8, 4) is 0 Å². The van der Waals surface area contributed by atoms with E-state index in [1.165, 1.54) is 5.56 Å². The summed E-state index contributed by atoms with van der Waals surface area (Å²) in [5, 5.41) is 10.2. The molecule has 4 nitrogen and oxygen atoms in total. The topological polar surface area (TPSA) is 68.2 Å². The van der Waals surface area contributed by atoms with Crippen LogP contribution in [0.3, 0.4) is 0 Å². The van der Waals surface area contributed by atoms with E-state index in [9.17, 15) is 4.79 Å². The van der Waals surface area contributed by atoms with Crippen molar-refractivity contribution in [3.63, 3.8) is 0 Å². The Labute approximate surface area is 138 Å². The number of carboxylic acid groups (broad SMARTS) is 1. The number of aromatic nitrogens is 1. The van der Waals surface area contributed by atoms with E-state index in [2.05, 4.69) is 70.5 Å². The van der Waals surface area contributed by atoms with Crippen LogP contribution in [0.1, 0.15) is 52.7 Å². The molecule has 0 fully saturated rings. The van der Waals surface area contributed by atoms with Gasteiger partial charge in [0.15, 0.2) is 0 Å². The molecule has 1 atom stereocenters. The van der Waals surface area contributed by atoms with Crippen LogP contribution in [0.5, 0.6) is 0 Å². The Morgan fingerprint density at radius 3 is 2.30 bits per heavy atom. The third-order valence-electron chi connectivity index (χ3n) is 4.23. The molecule has 2 rings (SSSR count). The molecule has 0 aliphatic carbocycles. The van der Waals surface area contributed by atoms with Gasteiger partial charge in [-0.3, -0.25) is 4.79 Å². The summed E-state index contributed by atoms with van der Waals surface area (Å²) in [4.78, 5) is 11.1. The maximum absolute atomic E-state index is 11.1. The third kappa shape index (κ3) is 3.58. The van der Waals surface area contributed by atoms with E-state index in [1.807, 2.05) is 0 Å². The number of nitrogens with two attached hydrogens (primary N) is 1. The van der Waals surface area contributed by atoms with Gasteiger partial charge in [-0.1, -0.05) is 26.8 Å². The second kappa shape index (κ2) is 5.68. The number of aliphatic carboxylic acids is 1. The van der Waals surface area contributed by atoms with E-state index < -0.39 is 12.0 Å². The normalized spacial score (nSPS) is 14.2. The van der Waals surface area contributed by atoms with Crippen LogP contribution in [0.2, 0.25) is 0 Å². The summed E-state index contributed by atoms with van der Waals surface area (Å²) in [7, 11) is 0. The highest BCUT2D eigenvalue weighted by molar-refractivity contribution is 5.86. The standard InChI is InChI=1S/C19H28N2O2/c1-18(2,3)13-7-8-16-14(10-13)12(9-15(20)17(22)23)11-21(16)19(4,5)6/h7-8,10-11,15H,9,20H2,1-6H3,(H,22,23)/t15-/m0/s1. The summed E-state index contributed by atoms with van der Waals surface area (Å²) in [5.74, 6) is -0.964. The molecule has 3 N–H and O–H groups in total. The Kier molecular flexibility index (Phi) is 4.33. The molecule has 0 unspecified atom stereocenters. The van der Waals surface area contributed by atoms with Crippen LogP contribution in [0.15, 0.2) is 24.4 Å². The van der Waals surface area contributed by atoms with Crippen molar-refractivity contribution in [3.05, 3.63) is 35.5 Å². The highest BCUT2D eigenvalue weighted by Crippen LogP contribution is 2.32. The summed E-state index contributed by atoms with van der Waals surface area (Å²) >= 11 is 0. The third-order valence-corrected chi connectivity index (χ3v) is 4.23. The van der Waals surface area contributed by atoms with Gasteiger partial charge >= 0.3 is 5.97 Å². The summed E-state index contributed by atoms with van der Waals surface area (Å²) < 4.78 is 2.21. The fourth-order valence-electron chi connectivity index (χ4n) is 2.81. The lowest BCUT2D eigenvalue weighted by Gasteiger charge is -2.23. The zero-order valence-electron chi connectivity index (χ0n) is 15.0. The number of rotatable bonds is 3. The van der Waals surface area contributed by atoms with Crippen molar-refractivity contribution in [1.82, 2.24) is 4.57 Å². The lowest BCUT2D eigenvalue weighted by Crippen LogP contribution is -2.32. The van der Waals surface area contributed by atoms with Crippen LogP contribution in [0.4, 0.5) is 0 Å². The number of hydrogen-bond acceptors (Lipinski definition) is 2. The summed E-state index contributed by atoms with van der Waals surface area (Å²) in [6.07, 6.45) is 2.39. The SMILES string of the molecule is CC(C)(C)c1ccc2c(c1)c(C[C@H](N)C(=O)O)cn2C(C)(C)C. The highest BCUT2D eigenvalue weighted by atomic mass is 16.4. The molecule has 0 saturated heterocycles. The van der Waals surface area contributed by atoms with Gasteiger partial charge in [0.05, 0.1) is 0 Å². The molecular formula is C19H28N2O2. The molecule has 2 aromatic rings. The first-order chi connectivity index (χ1) is 10.4. The van der Waals surface area contributed by atoms with Crippen LogP contribution < -0.4 is 5.73 Å². The second-order valence-electron chi connectivity index (χ2n) is 8.33. The van der Waals surface area contributed by atoms with Crippen LogP contribution in [-0.2, 0) is 22.2 Å². The van der Waals surface area contributed by atoms with Gasteiger partial charge in [0.2, 0.25) is 0 Å². The number of nitrogens with zero attached hydrogens (tertiary/aromatic N) is 1. The van der Waals surface area contributed by atoms with Crippen molar-refractivity contribution < 1.29 is 9.90 Å². The number of benzene rings is 1. The summed E-state index contributed by atoms with van der Waals surface area (Å²) in [6.45, 7) is 13.0. The molecular weight excluding hydrogens is 288 g/mol. The monoisotopic (exact) mass is 316 g/mol. The van der Waals surface area contributed by atoms with Crippen LogP contribution in [0.25, 0.3) is 10.9 Å². The molecule has 0 radical (unpaired) electrons. The smallest absolute Gasteiger partial charge is 0.320 e. The van der Waals surface area contributed by atoms with Crippen molar-refractivity contribution in [2.24, 2.45) is 5.73 Å². The van der Waals surface area contributed by atoms with E-state index in [1.54, 1.807) is 0 Å². The maximum Gasteiger partial charge on any atom is 0.320 e. The molecule has 126 valence electrons. The minimum atomic E-state index is -0.964. The Bertz CT molecular complexity index is 730. The van der Waals surface area contributed by atoms with Gasteiger partial charge in [0.25, 0.3) is 0 Å². The Morgan fingerprint density at radius 1 is 1.22 bits per heavy atom. The van der Waals surface area contributed by atoms with Crippen molar-refractivity contribution in [2.75, 3.05) is 0 Å². The summed E-state index contributed by atoms with van der Waals surface area (Å²) in [6, 6.07) is 5.59. The van der Waals surface area contributed by atoms with Gasteiger partial charge < -0.3 is 15.4 Å². The van der Waals surface area contributed by atoms with Crippen LogP contribution in [-0.4, -0.2) is 21.7 Å². The van der Waals surface area contributed by atoms with E-state index in [0.717, 1.165) is 16.5 Å². The van der Waals surface area contributed by atoms with Gasteiger partial charge in [-0.2, -0.15) is 0 Å². The molecule has 4 heteroatoms. The predicted molar refractivity (Wildman–Crippen MR) is 94.9 cm³/mol. The first kappa shape index (κ1) is 17.5. The van der Waals surface area contributed by atoms with E-state index in [-0.39, 0.29) is 11.0 Å². The van der Waals surface area contributed by atoms with Gasteiger partial charge in [-0.25, -0.2) is 0 Å². The van der Waals surface area contributed by atoms with Gasteiger partial charge in [0, 0.05) is 29.1 Å². The number of carbonyl (C=O) groups is 1. The highest BCUT2D eigenvalue weighted by Gasteiger charge is 2.23. The molecule has 23 heavy (non-hydrogen) atoms. The lowest BCUT2D eigenvalue weighted by atomic mass is 9.86. The zero-order valence-corrected chi connectivity index (χ0v) is 15.0. The fourth-order valence-corrected chi connectivity index (χ4v) is 2.81. The van der Waals surface area contributed by atoms with Crippen LogP contribution in [0, 0.1) is 0 Å². The maximum atomic E-state index is 11.1. The number of hydrogen-bond donors (Lipinski definition) is 2. The van der Waals surface area contributed by atoms with Gasteiger partial charge in [-0.15, -0.1) is 0 Å². The molecule has 0 amide bonds. The van der Waals surface area contributed by atoms with Crippen molar-refractivity contribution in [2.45, 2.75) is 65.0 Å². The minimum absolute atomic E-state index is 0.0458. The predicted octanol–water partition coefficient (Wildman–Crippen LogP) is 3.65. The first-order valence-electron chi connectivity index (χ1n) is 8.04. The minimum Gasteiger partial charge on any atom is -0.480 e. The molecule has 1 aromatic heterocycles. The molecule has 0 aliphatic heterocycles. The molecule has 0 spiro atoms. The summed E-state index contributed by atoms with van der Waals surface area (Å²) in [5.41, 5.74) is 9.10. The number of carboxylic acids is 1. The average Bonchev–Trinajstić information content (AvgIpc) is 2.75. The zero-order chi connectivity index (χ0) is 17.6.